The van der Waals surface area contributed by atoms with Gasteiger partial charge in [-0.05, 0) is 0 Å². The van der Waals surface area contributed by atoms with Crippen molar-refractivity contribution in [1.82, 2.24) is 0 Å². The number of hydrogen-bond donors (Lipinski definition) is 4. The van der Waals surface area contributed by atoms with Gasteiger partial charge in [0.2, 0.25) is 0 Å². The van der Waals surface area contributed by atoms with Crippen molar-refractivity contribution >= 4 is 7.82 Å². The summed E-state index contributed by atoms with van der Waals surface area (Å²) in [7, 11) is -9.77. The van der Waals surface area contributed by atoms with Crippen LogP contribution < -0.4 is 14.0 Å². The standard InChI is InChI=1S/ClHO4.Mo.H3O4P.H2O.2O/c2-1(3,4)5;;1-5(2,3)4;;;/h(H,2,3,4,5);;(H3,1,2,3,4);1H2;;/q;+2;;;;/p-2. The maximum atomic E-state index is 9.61. The van der Waals surface area contributed by atoms with E-state index in [0.29, 0.717) is 0 Å². The van der Waals surface area contributed by atoms with Gasteiger partial charge in [0.15, 0.2) is 0 Å². The molecule has 4 N–H and O–H groups in total. The molecule has 0 spiro atoms. The number of rotatable bonds is 2. The van der Waals surface area contributed by atoms with E-state index in [2.05, 4.69) is 3.18 Å². The van der Waals surface area contributed by atoms with Gasteiger partial charge in [-0.3, -0.25) is 0 Å². The van der Waals surface area contributed by atoms with Crippen LogP contribution >= 0.6 is 7.82 Å². The summed E-state index contributed by atoms with van der Waals surface area (Å²) in [5.41, 5.74) is 0. The number of phosphoric acid groups is 1. The molecule has 0 aromatic carbocycles. The number of hydrogen-bond acceptors (Lipinski definition) is 8. The summed E-state index contributed by atoms with van der Waals surface area (Å²) in [6, 6.07) is 0. The van der Waals surface area contributed by atoms with Crippen molar-refractivity contribution in [2.24, 2.45) is 0 Å². The summed E-state index contributed by atoms with van der Waals surface area (Å²) in [6.07, 6.45) is 0. The molecule has 0 unspecified atom stereocenters. The van der Waals surface area contributed by atoms with E-state index >= 15 is 0 Å². The van der Waals surface area contributed by atoms with Crippen molar-refractivity contribution < 1.29 is 73.7 Å². The molecular weight excluding hydrogens is 338 g/mol. The molecule has 0 amide bonds. The van der Waals surface area contributed by atoms with E-state index in [1.54, 1.807) is 0 Å². The maximum Gasteiger partial charge on any atom is 0.0777 e. The Morgan fingerprint density at radius 1 is 1.21 bits per heavy atom. The average Bonchev–Trinajstić information content (AvgIpc) is 1.42. The van der Waals surface area contributed by atoms with E-state index < -0.39 is 34.8 Å². The third-order valence-electron chi connectivity index (χ3n) is 0.191. The van der Waals surface area contributed by atoms with E-state index in [0.717, 1.165) is 0 Å². The molecule has 0 aliphatic carbocycles. The Balaban J connectivity index is 0. The first kappa shape index (κ1) is 16.9. The minimum absolute atomic E-state index is 2.93. The summed E-state index contributed by atoms with van der Waals surface area (Å²) in [6.45, 7) is 0. The smallest absolute Gasteiger partial charge is 0.0777 e. The van der Waals surface area contributed by atoms with Gasteiger partial charge >= 0.3 is 52.7 Å². The fourth-order valence-corrected chi connectivity index (χ4v) is 2.18. The fraction of sp³-hybridized carbons (Fsp3) is 0. The molecule has 0 saturated carbocycles. The van der Waals surface area contributed by atoms with Gasteiger partial charge in [0.1, 0.15) is 0 Å². The van der Waals surface area contributed by atoms with Crippen LogP contribution in [0.25, 0.3) is 0 Å². The summed E-state index contributed by atoms with van der Waals surface area (Å²) in [5.74, 6) is 0. The third kappa shape index (κ3) is 39.2. The molecule has 0 radical (unpaired) electrons. The molecule has 0 fully saturated rings. The van der Waals surface area contributed by atoms with Gasteiger partial charge in [-0.2, -0.15) is 14.0 Å². The Kier molecular flexibility index (Phi) is 6.69. The molecule has 0 aliphatic heterocycles. The SMILES string of the molecule is O=P(O)(O)[O][Mo](=[O])(=[O])[OH].[O-][Cl+3]([O-])([O-])O. The van der Waals surface area contributed by atoms with E-state index in [9.17, 15) is 11.4 Å². The van der Waals surface area contributed by atoms with E-state index in [4.69, 9.17) is 32.2 Å². The van der Waals surface area contributed by atoms with E-state index in [-0.39, 0.29) is 0 Å². The van der Waals surface area contributed by atoms with Crippen LogP contribution in [0.15, 0.2) is 0 Å². The second-order valence-corrected chi connectivity index (χ2v) is 6.51. The van der Waals surface area contributed by atoms with Crippen LogP contribution in [0, 0.1) is 10.2 Å². The van der Waals surface area contributed by atoms with Crippen LogP contribution in [0.2, 0.25) is 0 Å². The molecule has 14 heteroatoms. The topological polar surface area (TPSA) is 211 Å². The molecule has 0 heterocycles. The summed E-state index contributed by atoms with van der Waals surface area (Å²) >= 11 is -6.03. The zero-order valence-electron chi connectivity index (χ0n) is 5.88. The van der Waals surface area contributed by atoms with Crippen molar-refractivity contribution in [3.63, 3.8) is 0 Å². The van der Waals surface area contributed by atoms with Gasteiger partial charge in [0, 0.05) is 0 Å². The monoisotopic (exact) mass is 344 g/mol. The van der Waals surface area contributed by atoms with Crippen LogP contribution in [-0.4, -0.2) is 18.2 Å². The van der Waals surface area contributed by atoms with Crippen molar-refractivity contribution in [2.75, 3.05) is 0 Å². The van der Waals surface area contributed by atoms with Crippen molar-refractivity contribution in [2.45, 2.75) is 0 Å². The Morgan fingerprint density at radius 2 is 1.43 bits per heavy atom. The maximum absolute atomic E-state index is 9.61. The molecule has 0 aliphatic rings. The van der Waals surface area contributed by atoms with Crippen LogP contribution in [0.1, 0.15) is 0 Å². The Labute approximate surface area is 81.9 Å². The van der Waals surface area contributed by atoms with Crippen LogP contribution in [0.3, 0.4) is 0 Å². The molecule has 88 valence electrons. The zero-order chi connectivity index (χ0) is 12.2. The van der Waals surface area contributed by atoms with Crippen molar-refractivity contribution in [3.8, 4) is 0 Å². The zero-order valence-corrected chi connectivity index (χ0v) is 9.54. The first-order chi connectivity index (χ1) is 5.71. The van der Waals surface area contributed by atoms with Gasteiger partial charge < -0.3 is 0 Å². The summed E-state index contributed by atoms with van der Waals surface area (Å²) in [4.78, 5) is 15.5. The molecule has 0 aromatic rings. The van der Waals surface area contributed by atoms with E-state index in [1.165, 1.54) is 0 Å². The van der Waals surface area contributed by atoms with Crippen LogP contribution in [0.4, 0.5) is 0 Å². The fourth-order valence-electron chi connectivity index (χ4n) is 0.123. The minimum atomic E-state index is -6.03. The second-order valence-electron chi connectivity index (χ2n) is 1.39. The quantitative estimate of drug-likeness (QED) is 0.275. The second kappa shape index (κ2) is 5.54. The first-order valence-electron chi connectivity index (χ1n) is 2.08. The van der Waals surface area contributed by atoms with Gasteiger partial charge in [-0.1, -0.05) is 0 Å². The molecule has 11 nitrogen and oxygen atoms in total. The van der Waals surface area contributed by atoms with Crippen LogP contribution in [-0.2, 0) is 31.3 Å². The normalized spacial score (nSPS) is 13.1. The van der Waals surface area contributed by atoms with Crippen molar-refractivity contribution in [3.05, 3.63) is 0 Å². The van der Waals surface area contributed by atoms with Gasteiger partial charge in [-0.15, -0.1) is 0 Å². The van der Waals surface area contributed by atoms with Gasteiger partial charge in [0.25, 0.3) is 0 Å². The molecule has 14 heavy (non-hydrogen) atoms. The summed E-state index contributed by atoms with van der Waals surface area (Å²) < 4.78 is 72.2. The molecule has 0 saturated heterocycles. The van der Waals surface area contributed by atoms with Crippen molar-refractivity contribution in [1.29, 1.82) is 0 Å². The molecular formula is H4ClMoO11P. The Morgan fingerprint density at radius 3 is 1.43 bits per heavy atom. The molecule has 0 rings (SSSR count). The average molecular weight is 342 g/mol. The van der Waals surface area contributed by atoms with E-state index in [1.807, 2.05) is 0 Å². The van der Waals surface area contributed by atoms with Gasteiger partial charge in [0.05, 0.1) is 14.9 Å². The minimum Gasteiger partial charge on any atom is -0.183 e. The van der Waals surface area contributed by atoms with Crippen LogP contribution in [0.5, 0.6) is 0 Å². The molecule has 0 bridgehead atoms. The van der Waals surface area contributed by atoms with Gasteiger partial charge in [-0.25, -0.2) is 0 Å². The Hall–Kier alpha value is 0.488. The molecule has 0 aromatic heterocycles. The Bertz CT molecular complexity index is 282. The first-order valence-corrected chi connectivity index (χ1v) is 8.23. The largest absolute Gasteiger partial charge is 0.183 e. The third-order valence-corrected chi connectivity index (χ3v) is 3.40. The number of halogens is 1. The predicted molar refractivity (Wildman–Crippen MR) is 18.9 cm³/mol. The predicted octanol–water partition coefficient (Wildman–Crippen LogP) is -5.36. The molecule has 0 atom stereocenters. The summed E-state index contributed by atoms with van der Waals surface area (Å²) in [5, 5.41) is 0.